The Hall–Kier alpha value is -2.77. The van der Waals surface area contributed by atoms with Crippen molar-refractivity contribution in [2.75, 3.05) is 13.2 Å². The molecule has 2 N–H and O–H groups in total. The number of hydrogen-bond acceptors (Lipinski definition) is 6. The molecule has 0 saturated carbocycles. The highest BCUT2D eigenvalue weighted by molar-refractivity contribution is 5.95. The summed E-state index contributed by atoms with van der Waals surface area (Å²) in [5.41, 5.74) is 0.773. The van der Waals surface area contributed by atoms with Crippen molar-refractivity contribution < 1.29 is 28.3 Å². The second-order valence-electron chi connectivity index (χ2n) is 5.14. The number of esters is 2. The van der Waals surface area contributed by atoms with E-state index in [4.69, 9.17) is 13.9 Å². The molecule has 1 aromatic rings. The lowest BCUT2D eigenvalue weighted by Crippen LogP contribution is -2.51. The Bertz CT molecular complexity index is 676. The van der Waals surface area contributed by atoms with Gasteiger partial charge in [0, 0.05) is 0 Å². The van der Waals surface area contributed by atoms with E-state index in [0.717, 1.165) is 0 Å². The first-order valence-electron chi connectivity index (χ1n) is 7.66. The highest BCUT2D eigenvalue weighted by Crippen LogP contribution is 2.18. The van der Waals surface area contributed by atoms with E-state index < -0.39 is 24.0 Å². The van der Waals surface area contributed by atoms with Crippen molar-refractivity contribution in [3.8, 4) is 0 Å². The Balaban J connectivity index is 2.21. The van der Waals surface area contributed by atoms with Gasteiger partial charge in [0.25, 0.3) is 0 Å². The molecule has 130 valence electrons. The molecule has 8 heteroatoms. The number of carbonyl (C=O) groups is 3. The Kier molecular flexibility index (Phi) is 5.62. The molecule has 1 aromatic heterocycles. The standard InChI is InChI=1S/C16H20N2O6/c1-4-11-13(15(20)22-5-2)12(18-16(21)17-11)8-24-14(19)10-6-7-23-9(10)3/h6-7,11H,4-5,8H2,1-3H3,(H2,17,18,21)/t11-/m0/s1. The van der Waals surface area contributed by atoms with Gasteiger partial charge in [-0.3, -0.25) is 0 Å². The van der Waals surface area contributed by atoms with Gasteiger partial charge in [-0.05, 0) is 26.3 Å². The second-order valence-corrected chi connectivity index (χ2v) is 5.14. The molecule has 0 saturated heterocycles. The van der Waals surface area contributed by atoms with Crippen molar-refractivity contribution in [1.29, 1.82) is 0 Å². The topological polar surface area (TPSA) is 107 Å². The van der Waals surface area contributed by atoms with Crippen LogP contribution >= 0.6 is 0 Å². The maximum Gasteiger partial charge on any atom is 0.342 e. The zero-order valence-electron chi connectivity index (χ0n) is 13.8. The van der Waals surface area contributed by atoms with Gasteiger partial charge in [0.15, 0.2) is 0 Å². The van der Waals surface area contributed by atoms with Crippen LogP contribution in [0.2, 0.25) is 0 Å². The summed E-state index contributed by atoms with van der Waals surface area (Å²) < 4.78 is 15.3. The molecule has 0 aliphatic carbocycles. The molecule has 8 nitrogen and oxygen atoms in total. The minimum atomic E-state index is -0.599. The third-order valence-electron chi connectivity index (χ3n) is 3.57. The van der Waals surface area contributed by atoms with Crippen molar-refractivity contribution >= 4 is 18.0 Å². The van der Waals surface area contributed by atoms with E-state index in [0.29, 0.717) is 17.7 Å². The molecule has 0 bridgehead atoms. The van der Waals surface area contributed by atoms with Crippen LogP contribution in [-0.2, 0) is 14.3 Å². The van der Waals surface area contributed by atoms with Crippen molar-refractivity contribution in [2.24, 2.45) is 0 Å². The van der Waals surface area contributed by atoms with Gasteiger partial charge in [-0.1, -0.05) is 6.92 Å². The highest BCUT2D eigenvalue weighted by atomic mass is 16.5. The van der Waals surface area contributed by atoms with Crippen molar-refractivity contribution in [1.82, 2.24) is 10.6 Å². The summed E-state index contributed by atoms with van der Waals surface area (Å²) in [4.78, 5) is 36.0. The summed E-state index contributed by atoms with van der Waals surface area (Å²) in [6, 6.07) is 0.538. The fraction of sp³-hybridized carbons (Fsp3) is 0.438. The van der Waals surface area contributed by atoms with E-state index >= 15 is 0 Å². The molecule has 2 heterocycles. The molecular weight excluding hydrogens is 316 g/mol. The lowest BCUT2D eigenvalue weighted by molar-refractivity contribution is -0.139. The molecule has 0 spiro atoms. The number of furan rings is 1. The van der Waals surface area contributed by atoms with Crippen LogP contribution in [0.15, 0.2) is 28.0 Å². The van der Waals surface area contributed by atoms with E-state index in [2.05, 4.69) is 10.6 Å². The van der Waals surface area contributed by atoms with Crippen LogP contribution in [0.4, 0.5) is 4.79 Å². The number of urea groups is 1. The van der Waals surface area contributed by atoms with Gasteiger partial charge in [-0.15, -0.1) is 0 Å². The zero-order chi connectivity index (χ0) is 17.7. The van der Waals surface area contributed by atoms with Gasteiger partial charge in [-0.2, -0.15) is 0 Å². The number of amides is 2. The van der Waals surface area contributed by atoms with Gasteiger partial charge in [0.2, 0.25) is 0 Å². The van der Waals surface area contributed by atoms with Crippen LogP contribution < -0.4 is 10.6 Å². The SMILES string of the molecule is CCOC(=O)C1=C(COC(=O)c2ccoc2C)NC(=O)N[C@H]1CC. The third-order valence-corrected chi connectivity index (χ3v) is 3.57. The molecule has 2 amide bonds. The van der Waals surface area contributed by atoms with Crippen LogP contribution in [0.1, 0.15) is 36.4 Å². The largest absolute Gasteiger partial charge is 0.469 e. The summed E-state index contributed by atoms with van der Waals surface area (Å²) in [7, 11) is 0. The monoisotopic (exact) mass is 336 g/mol. The summed E-state index contributed by atoms with van der Waals surface area (Å²) in [6.07, 6.45) is 1.88. The summed E-state index contributed by atoms with van der Waals surface area (Å²) in [6.45, 7) is 5.11. The number of aryl methyl sites for hydroxylation is 1. The number of nitrogens with one attached hydrogen (secondary N) is 2. The molecule has 2 rings (SSSR count). The normalized spacial score (nSPS) is 17.1. The average molecular weight is 336 g/mol. The number of rotatable bonds is 6. The lowest BCUT2D eigenvalue weighted by Gasteiger charge is -2.28. The Morgan fingerprint density at radius 1 is 1.25 bits per heavy atom. The molecule has 0 radical (unpaired) electrons. The van der Waals surface area contributed by atoms with Crippen molar-refractivity contribution in [3.05, 3.63) is 34.9 Å². The molecule has 1 atom stereocenters. The van der Waals surface area contributed by atoms with Crippen molar-refractivity contribution in [3.63, 3.8) is 0 Å². The molecule has 0 unspecified atom stereocenters. The minimum absolute atomic E-state index is 0.202. The summed E-state index contributed by atoms with van der Waals surface area (Å²) >= 11 is 0. The van der Waals surface area contributed by atoms with E-state index in [9.17, 15) is 14.4 Å². The fourth-order valence-corrected chi connectivity index (χ4v) is 2.39. The molecule has 0 fully saturated rings. The Morgan fingerprint density at radius 3 is 2.58 bits per heavy atom. The van der Waals surface area contributed by atoms with Gasteiger partial charge in [0.05, 0.1) is 30.2 Å². The Labute approximate surface area is 139 Å². The second kappa shape index (κ2) is 7.67. The summed E-state index contributed by atoms with van der Waals surface area (Å²) in [5, 5.41) is 5.16. The number of carbonyl (C=O) groups excluding carboxylic acids is 3. The van der Waals surface area contributed by atoms with Gasteiger partial charge in [-0.25, -0.2) is 14.4 Å². The van der Waals surface area contributed by atoms with E-state index in [1.165, 1.54) is 12.3 Å². The van der Waals surface area contributed by atoms with Crippen LogP contribution in [0, 0.1) is 6.92 Å². The van der Waals surface area contributed by atoms with Crippen LogP contribution in [0.3, 0.4) is 0 Å². The van der Waals surface area contributed by atoms with Gasteiger partial charge in [0.1, 0.15) is 17.9 Å². The maximum atomic E-state index is 12.2. The van der Waals surface area contributed by atoms with Gasteiger partial charge >= 0.3 is 18.0 Å². The first-order chi connectivity index (χ1) is 11.5. The predicted molar refractivity (Wildman–Crippen MR) is 83.1 cm³/mol. The lowest BCUT2D eigenvalue weighted by atomic mass is 10.0. The van der Waals surface area contributed by atoms with Crippen LogP contribution in [-0.4, -0.2) is 37.2 Å². The molecule has 1 aliphatic rings. The maximum absolute atomic E-state index is 12.2. The quantitative estimate of drug-likeness (QED) is 0.765. The third kappa shape index (κ3) is 3.76. The molecule has 1 aliphatic heterocycles. The highest BCUT2D eigenvalue weighted by Gasteiger charge is 2.32. The number of ether oxygens (including phenoxy) is 2. The van der Waals surface area contributed by atoms with Gasteiger partial charge < -0.3 is 24.5 Å². The smallest absolute Gasteiger partial charge is 0.342 e. The first kappa shape index (κ1) is 17.6. The zero-order valence-corrected chi connectivity index (χ0v) is 13.8. The molecule has 24 heavy (non-hydrogen) atoms. The summed E-state index contributed by atoms with van der Waals surface area (Å²) in [5.74, 6) is -0.722. The van der Waals surface area contributed by atoms with Crippen molar-refractivity contribution in [2.45, 2.75) is 33.2 Å². The van der Waals surface area contributed by atoms with E-state index in [1.54, 1.807) is 13.8 Å². The van der Waals surface area contributed by atoms with E-state index in [-0.39, 0.29) is 24.5 Å². The minimum Gasteiger partial charge on any atom is -0.469 e. The molecular formula is C16H20N2O6. The van der Waals surface area contributed by atoms with E-state index in [1.807, 2.05) is 6.92 Å². The van der Waals surface area contributed by atoms with Crippen LogP contribution in [0.5, 0.6) is 0 Å². The number of hydrogen-bond donors (Lipinski definition) is 2. The Morgan fingerprint density at radius 2 is 2.00 bits per heavy atom. The average Bonchev–Trinajstić information content (AvgIpc) is 2.98. The predicted octanol–water partition coefficient (Wildman–Crippen LogP) is 1.65. The fourth-order valence-electron chi connectivity index (χ4n) is 2.39. The molecule has 0 aromatic carbocycles. The van der Waals surface area contributed by atoms with Crippen LogP contribution in [0.25, 0.3) is 0 Å². The first-order valence-corrected chi connectivity index (χ1v) is 7.66.